The summed E-state index contributed by atoms with van der Waals surface area (Å²) >= 11 is 8.45. The number of nitrogens with zero attached hydrogens (tertiary/aromatic N) is 3. The van der Waals surface area contributed by atoms with Crippen LogP contribution in [0.2, 0.25) is 5.02 Å². The third kappa shape index (κ3) is 3.62. The van der Waals surface area contributed by atoms with Gasteiger partial charge in [0.15, 0.2) is 5.13 Å². The number of thiophene rings is 1. The minimum absolute atomic E-state index is 0.0737. The first-order valence-corrected chi connectivity index (χ1v) is 10.2. The van der Waals surface area contributed by atoms with Gasteiger partial charge in [0.05, 0.1) is 26.1 Å². The highest BCUT2D eigenvalue weighted by atomic mass is 35.5. The number of benzene rings is 2. The van der Waals surface area contributed by atoms with Crippen LogP contribution in [0.15, 0.2) is 60.7 Å². The van der Waals surface area contributed by atoms with Gasteiger partial charge in [0, 0.05) is 6.07 Å². The molecule has 0 bridgehead atoms. The average Bonchev–Trinajstić information content (AvgIpc) is 3.34. The molecule has 0 spiro atoms. The molecule has 0 unspecified atom stereocenters. The summed E-state index contributed by atoms with van der Waals surface area (Å²) in [6.45, 7) is 0.294. The van der Waals surface area contributed by atoms with Crippen molar-refractivity contribution in [2.75, 3.05) is 4.90 Å². The molecule has 4 rings (SSSR count). The van der Waals surface area contributed by atoms with Gasteiger partial charge < -0.3 is 0 Å². The van der Waals surface area contributed by atoms with Crippen LogP contribution in [0.1, 0.15) is 15.2 Å². The number of carbonyl (C=O) groups is 1. The zero-order chi connectivity index (χ0) is 19.7. The minimum Gasteiger partial charge on any atom is -0.279 e. The summed E-state index contributed by atoms with van der Waals surface area (Å²) in [5.41, 5.74) is 1.56. The molecular weight excluding hydrogens is 418 g/mol. The summed E-state index contributed by atoms with van der Waals surface area (Å²) in [6, 6.07) is 17.8. The number of carbonyl (C=O) groups excluding carboxylic acids is 1. The van der Waals surface area contributed by atoms with Crippen LogP contribution in [0.4, 0.5) is 10.1 Å². The van der Waals surface area contributed by atoms with Gasteiger partial charge in [-0.1, -0.05) is 70.7 Å². The molecule has 0 atom stereocenters. The van der Waals surface area contributed by atoms with Crippen LogP contribution >= 0.6 is 34.3 Å². The van der Waals surface area contributed by atoms with Crippen LogP contribution in [0, 0.1) is 10.1 Å². The van der Waals surface area contributed by atoms with Crippen molar-refractivity contribution < 1.29 is 9.72 Å². The molecule has 0 aliphatic heterocycles. The fraction of sp³-hybridized carbons (Fsp3) is 0.0526. The summed E-state index contributed by atoms with van der Waals surface area (Å²) in [5, 5.41) is 11.9. The minimum atomic E-state index is -0.500. The van der Waals surface area contributed by atoms with Crippen LogP contribution in [0.3, 0.4) is 0 Å². The third-order valence-electron chi connectivity index (χ3n) is 4.00. The quantitative estimate of drug-likeness (QED) is 0.298. The first-order chi connectivity index (χ1) is 13.5. The lowest BCUT2D eigenvalue weighted by Gasteiger charge is -2.19. The van der Waals surface area contributed by atoms with Gasteiger partial charge in [-0.15, -0.1) is 0 Å². The second kappa shape index (κ2) is 7.67. The number of halogens is 1. The Morgan fingerprint density at radius 2 is 1.86 bits per heavy atom. The molecule has 9 heteroatoms. The molecule has 2 aromatic heterocycles. The monoisotopic (exact) mass is 429 g/mol. The maximum Gasteiger partial charge on any atom is 0.324 e. The van der Waals surface area contributed by atoms with Gasteiger partial charge in [-0.05, 0) is 23.8 Å². The number of hydrogen-bond donors (Lipinski definition) is 0. The Morgan fingerprint density at radius 3 is 2.54 bits per heavy atom. The van der Waals surface area contributed by atoms with E-state index in [0.717, 1.165) is 21.6 Å². The summed E-state index contributed by atoms with van der Waals surface area (Å²) in [5.74, 6) is -0.336. The number of hydrogen-bond acceptors (Lipinski definition) is 6. The Kier molecular flexibility index (Phi) is 5.08. The first kappa shape index (κ1) is 18.5. The predicted molar refractivity (Wildman–Crippen MR) is 113 cm³/mol. The normalized spacial score (nSPS) is 10.9. The number of anilines is 1. The molecular formula is C19H12ClN3O3S2. The molecule has 0 aliphatic rings. The maximum absolute atomic E-state index is 13.2. The van der Waals surface area contributed by atoms with E-state index in [9.17, 15) is 14.9 Å². The van der Waals surface area contributed by atoms with Crippen molar-refractivity contribution in [1.82, 2.24) is 4.98 Å². The summed E-state index contributed by atoms with van der Waals surface area (Å²) in [7, 11) is 0. The van der Waals surface area contributed by atoms with E-state index in [4.69, 9.17) is 11.6 Å². The number of amides is 1. The van der Waals surface area contributed by atoms with E-state index in [1.807, 2.05) is 42.5 Å². The first-order valence-electron chi connectivity index (χ1n) is 8.18. The Balaban J connectivity index is 1.77. The van der Waals surface area contributed by atoms with Gasteiger partial charge in [-0.25, -0.2) is 4.98 Å². The van der Waals surface area contributed by atoms with Crippen molar-refractivity contribution in [3.8, 4) is 0 Å². The molecule has 28 heavy (non-hydrogen) atoms. The summed E-state index contributed by atoms with van der Waals surface area (Å²) in [4.78, 5) is 30.1. The Bertz CT molecular complexity index is 1170. The third-order valence-corrected chi connectivity index (χ3v) is 6.37. The van der Waals surface area contributed by atoms with Crippen molar-refractivity contribution in [2.24, 2.45) is 0 Å². The largest absolute Gasteiger partial charge is 0.324 e. The number of rotatable bonds is 5. The van der Waals surface area contributed by atoms with Crippen LogP contribution in [-0.4, -0.2) is 15.8 Å². The fourth-order valence-corrected chi connectivity index (χ4v) is 4.72. The Morgan fingerprint density at radius 1 is 1.07 bits per heavy atom. The van der Waals surface area contributed by atoms with Crippen molar-refractivity contribution >= 4 is 60.5 Å². The number of para-hydroxylation sites is 1. The van der Waals surface area contributed by atoms with E-state index in [2.05, 4.69) is 4.98 Å². The van der Waals surface area contributed by atoms with E-state index in [1.54, 1.807) is 6.07 Å². The zero-order valence-electron chi connectivity index (χ0n) is 14.2. The van der Waals surface area contributed by atoms with Crippen LogP contribution < -0.4 is 4.90 Å². The van der Waals surface area contributed by atoms with Crippen molar-refractivity contribution in [2.45, 2.75) is 6.54 Å². The molecule has 2 heterocycles. The zero-order valence-corrected chi connectivity index (χ0v) is 16.6. The van der Waals surface area contributed by atoms with Crippen LogP contribution in [0.25, 0.3) is 10.2 Å². The number of aromatic nitrogens is 1. The van der Waals surface area contributed by atoms with Gasteiger partial charge in [0.25, 0.3) is 5.91 Å². The number of thiazole rings is 1. The van der Waals surface area contributed by atoms with E-state index in [0.29, 0.717) is 22.2 Å². The van der Waals surface area contributed by atoms with Gasteiger partial charge >= 0.3 is 5.00 Å². The molecule has 0 saturated heterocycles. The smallest absolute Gasteiger partial charge is 0.279 e. The number of fused-ring (bicyclic) bond motifs is 1. The van der Waals surface area contributed by atoms with Gasteiger partial charge in [0.1, 0.15) is 5.52 Å². The maximum atomic E-state index is 13.2. The number of nitro groups is 1. The lowest BCUT2D eigenvalue weighted by molar-refractivity contribution is -0.380. The molecule has 2 aromatic carbocycles. The second-order valence-corrected chi connectivity index (χ2v) is 8.33. The highest BCUT2D eigenvalue weighted by Crippen LogP contribution is 2.35. The lowest BCUT2D eigenvalue weighted by Crippen LogP contribution is -2.29. The topological polar surface area (TPSA) is 76.3 Å². The molecule has 0 aliphatic carbocycles. The summed E-state index contributed by atoms with van der Waals surface area (Å²) in [6.07, 6.45) is 0. The SMILES string of the molecule is O=C(c1ccc([N+](=O)[O-])s1)N(Cc1ccccc1)c1nc2c(Cl)cccc2s1. The van der Waals surface area contributed by atoms with Crippen molar-refractivity contribution in [1.29, 1.82) is 0 Å². The van der Waals surface area contributed by atoms with Crippen LogP contribution in [0.5, 0.6) is 0 Å². The molecule has 0 N–H and O–H groups in total. The van der Waals surface area contributed by atoms with E-state index < -0.39 is 4.92 Å². The highest BCUT2D eigenvalue weighted by Gasteiger charge is 2.25. The van der Waals surface area contributed by atoms with E-state index in [1.165, 1.54) is 28.4 Å². The Labute approximate surface area is 172 Å². The van der Waals surface area contributed by atoms with Crippen LogP contribution in [-0.2, 0) is 6.54 Å². The molecule has 0 saturated carbocycles. The fourth-order valence-electron chi connectivity index (χ4n) is 2.68. The molecule has 6 nitrogen and oxygen atoms in total. The van der Waals surface area contributed by atoms with Crippen molar-refractivity contribution in [3.05, 3.63) is 86.2 Å². The molecule has 1 amide bonds. The van der Waals surface area contributed by atoms with Gasteiger partial charge in [-0.3, -0.25) is 19.8 Å². The lowest BCUT2D eigenvalue weighted by atomic mass is 10.2. The summed E-state index contributed by atoms with van der Waals surface area (Å²) < 4.78 is 0.866. The second-order valence-electron chi connectivity index (χ2n) is 5.85. The molecule has 0 radical (unpaired) electrons. The van der Waals surface area contributed by atoms with E-state index >= 15 is 0 Å². The molecule has 140 valence electrons. The average molecular weight is 430 g/mol. The highest BCUT2D eigenvalue weighted by molar-refractivity contribution is 7.22. The standard InChI is InChI=1S/C19H12ClN3O3S2/c20-13-7-4-8-14-17(13)21-19(28-14)22(11-12-5-2-1-3-6-12)18(24)15-9-10-16(27-15)23(25)26/h1-10H,11H2. The molecule has 0 fully saturated rings. The predicted octanol–water partition coefficient (Wildman–Crippen LogP) is 5.77. The van der Waals surface area contributed by atoms with Crippen molar-refractivity contribution in [3.63, 3.8) is 0 Å². The van der Waals surface area contributed by atoms with Gasteiger partial charge in [0.2, 0.25) is 0 Å². The van der Waals surface area contributed by atoms with E-state index in [-0.39, 0.29) is 15.8 Å². The Hall–Kier alpha value is -2.81. The molecule has 4 aromatic rings. The van der Waals surface area contributed by atoms with Gasteiger partial charge in [-0.2, -0.15) is 0 Å².